The van der Waals surface area contributed by atoms with Gasteiger partial charge in [0.05, 0.1) is 4.47 Å². The molecular formula is C11H8Br2N2O. The minimum atomic E-state index is 0.469. The molecule has 82 valence electrons. The van der Waals surface area contributed by atoms with E-state index < -0.39 is 0 Å². The molecule has 2 aromatic rings. The average molecular weight is 344 g/mol. The molecule has 0 radical (unpaired) electrons. The summed E-state index contributed by atoms with van der Waals surface area (Å²) in [5.41, 5.74) is 1.08. The highest BCUT2D eigenvalue weighted by Crippen LogP contribution is 2.22. The van der Waals surface area contributed by atoms with E-state index in [1.54, 1.807) is 6.20 Å². The van der Waals surface area contributed by atoms with E-state index in [0.717, 1.165) is 14.5 Å². The molecular weight excluding hydrogens is 336 g/mol. The van der Waals surface area contributed by atoms with Gasteiger partial charge in [-0.05, 0) is 22.0 Å². The second kappa shape index (κ2) is 5.41. The second-order valence-corrected chi connectivity index (χ2v) is 4.76. The highest BCUT2D eigenvalue weighted by molar-refractivity contribution is 9.10. The van der Waals surface area contributed by atoms with Gasteiger partial charge < -0.3 is 4.74 Å². The highest BCUT2D eigenvalue weighted by Gasteiger charge is 2.04. The fourth-order valence-electron chi connectivity index (χ4n) is 1.17. The van der Waals surface area contributed by atoms with Gasteiger partial charge in [0.1, 0.15) is 12.9 Å². The summed E-state index contributed by atoms with van der Waals surface area (Å²) >= 11 is 6.79. The quantitative estimate of drug-likeness (QED) is 0.854. The average Bonchev–Trinajstić information content (AvgIpc) is 2.30. The molecule has 5 heteroatoms. The van der Waals surface area contributed by atoms with Crippen molar-refractivity contribution in [3.63, 3.8) is 0 Å². The van der Waals surface area contributed by atoms with E-state index in [1.807, 2.05) is 24.3 Å². The number of ether oxygens (including phenoxy) is 1. The molecule has 1 aromatic heterocycles. The summed E-state index contributed by atoms with van der Waals surface area (Å²) in [5.74, 6) is 0.547. The van der Waals surface area contributed by atoms with Crippen LogP contribution in [0.4, 0.5) is 0 Å². The van der Waals surface area contributed by atoms with Crippen molar-refractivity contribution in [2.24, 2.45) is 0 Å². The third-order valence-electron chi connectivity index (χ3n) is 1.96. The predicted molar refractivity (Wildman–Crippen MR) is 68.2 cm³/mol. The van der Waals surface area contributed by atoms with Gasteiger partial charge in [0.2, 0.25) is 5.88 Å². The summed E-state index contributed by atoms with van der Waals surface area (Å²) in [7, 11) is 0. The Balaban J connectivity index is 2.09. The minimum Gasteiger partial charge on any atom is -0.472 e. The molecule has 1 aromatic carbocycles. The molecule has 0 amide bonds. The normalized spacial score (nSPS) is 10.1. The molecule has 0 aliphatic carbocycles. The van der Waals surface area contributed by atoms with E-state index in [-0.39, 0.29) is 0 Å². The summed E-state index contributed by atoms with van der Waals surface area (Å²) < 4.78 is 7.36. The van der Waals surface area contributed by atoms with Crippen molar-refractivity contribution in [2.45, 2.75) is 6.61 Å². The van der Waals surface area contributed by atoms with Crippen LogP contribution in [-0.4, -0.2) is 9.97 Å². The van der Waals surface area contributed by atoms with Crippen LogP contribution in [0, 0.1) is 0 Å². The van der Waals surface area contributed by atoms with Crippen molar-refractivity contribution in [2.75, 3.05) is 0 Å². The molecule has 0 fully saturated rings. The lowest BCUT2D eigenvalue weighted by atomic mass is 10.2. The van der Waals surface area contributed by atoms with Crippen LogP contribution in [0.2, 0.25) is 0 Å². The number of nitrogens with zero attached hydrogens (tertiary/aromatic N) is 2. The van der Waals surface area contributed by atoms with Gasteiger partial charge in [0.25, 0.3) is 0 Å². The largest absolute Gasteiger partial charge is 0.472 e. The Labute approximate surface area is 110 Å². The van der Waals surface area contributed by atoms with Crippen molar-refractivity contribution < 1.29 is 4.74 Å². The van der Waals surface area contributed by atoms with Gasteiger partial charge >= 0.3 is 0 Å². The van der Waals surface area contributed by atoms with Crippen molar-refractivity contribution in [1.82, 2.24) is 9.97 Å². The summed E-state index contributed by atoms with van der Waals surface area (Å²) in [6, 6.07) is 7.92. The van der Waals surface area contributed by atoms with Crippen LogP contribution in [0.1, 0.15) is 5.56 Å². The SMILES string of the molecule is Brc1ccccc1COc1ncncc1Br. The Morgan fingerprint density at radius 3 is 2.69 bits per heavy atom. The zero-order valence-electron chi connectivity index (χ0n) is 8.23. The van der Waals surface area contributed by atoms with Gasteiger partial charge in [0, 0.05) is 16.2 Å². The maximum Gasteiger partial charge on any atom is 0.231 e. The van der Waals surface area contributed by atoms with Gasteiger partial charge in [-0.25, -0.2) is 9.97 Å². The van der Waals surface area contributed by atoms with E-state index >= 15 is 0 Å². The minimum absolute atomic E-state index is 0.469. The molecule has 0 aliphatic heterocycles. The molecule has 0 aliphatic rings. The van der Waals surface area contributed by atoms with Gasteiger partial charge in [-0.15, -0.1) is 0 Å². The number of benzene rings is 1. The maximum atomic E-state index is 5.58. The van der Waals surface area contributed by atoms with Crippen LogP contribution in [-0.2, 0) is 6.61 Å². The van der Waals surface area contributed by atoms with Crippen molar-refractivity contribution >= 4 is 31.9 Å². The molecule has 0 saturated carbocycles. The van der Waals surface area contributed by atoms with Gasteiger partial charge in [-0.3, -0.25) is 0 Å². The Kier molecular flexibility index (Phi) is 3.90. The van der Waals surface area contributed by atoms with Crippen LogP contribution in [0.5, 0.6) is 5.88 Å². The van der Waals surface area contributed by atoms with Crippen molar-refractivity contribution in [3.8, 4) is 5.88 Å². The first kappa shape index (κ1) is 11.5. The second-order valence-electron chi connectivity index (χ2n) is 3.06. The smallest absolute Gasteiger partial charge is 0.231 e. The lowest BCUT2D eigenvalue weighted by molar-refractivity contribution is 0.290. The molecule has 1 heterocycles. The number of hydrogen-bond donors (Lipinski definition) is 0. The van der Waals surface area contributed by atoms with Gasteiger partial charge in [-0.2, -0.15) is 0 Å². The van der Waals surface area contributed by atoms with E-state index in [2.05, 4.69) is 41.8 Å². The van der Waals surface area contributed by atoms with Crippen molar-refractivity contribution in [1.29, 1.82) is 0 Å². The zero-order valence-corrected chi connectivity index (χ0v) is 11.4. The molecule has 2 rings (SSSR count). The first-order valence-corrected chi connectivity index (χ1v) is 6.17. The van der Waals surface area contributed by atoms with Crippen molar-refractivity contribution in [3.05, 3.63) is 51.3 Å². The Morgan fingerprint density at radius 2 is 1.94 bits per heavy atom. The Hall–Kier alpha value is -0.940. The molecule has 0 bridgehead atoms. The summed E-state index contributed by atoms with van der Waals surface area (Å²) in [5, 5.41) is 0. The van der Waals surface area contributed by atoms with Gasteiger partial charge in [-0.1, -0.05) is 34.1 Å². The zero-order chi connectivity index (χ0) is 11.4. The molecule has 3 nitrogen and oxygen atoms in total. The number of aromatic nitrogens is 2. The molecule has 0 unspecified atom stereocenters. The summed E-state index contributed by atoms with van der Waals surface area (Å²) in [6.45, 7) is 0.469. The third-order valence-corrected chi connectivity index (χ3v) is 3.27. The molecule has 16 heavy (non-hydrogen) atoms. The Bertz CT molecular complexity index is 445. The van der Waals surface area contributed by atoms with Gasteiger partial charge in [0.15, 0.2) is 0 Å². The summed E-state index contributed by atoms with van der Waals surface area (Å²) in [4.78, 5) is 7.90. The van der Waals surface area contributed by atoms with Crippen LogP contribution in [0.3, 0.4) is 0 Å². The van der Waals surface area contributed by atoms with Crippen LogP contribution in [0.25, 0.3) is 0 Å². The first-order valence-electron chi connectivity index (χ1n) is 4.59. The first-order chi connectivity index (χ1) is 7.77. The van der Waals surface area contributed by atoms with Crippen LogP contribution in [0.15, 0.2) is 45.7 Å². The molecule has 0 N–H and O–H groups in total. The highest BCUT2D eigenvalue weighted by atomic mass is 79.9. The van der Waals surface area contributed by atoms with E-state index in [4.69, 9.17) is 4.74 Å². The van der Waals surface area contributed by atoms with Crippen LogP contribution < -0.4 is 4.74 Å². The molecule has 0 saturated heterocycles. The number of halogens is 2. The molecule has 0 atom stereocenters. The monoisotopic (exact) mass is 342 g/mol. The topological polar surface area (TPSA) is 35.0 Å². The van der Waals surface area contributed by atoms with E-state index in [1.165, 1.54) is 6.33 Å². The number of rotatable bonds is 3. The van der Waals surface area contributed by atoms with Crippen LogP contribution >= 0.6 is 31.9 Å². The summed E-state index contributed by atoms with van der Waals surface area (Å²) in [6.07, 6.45) is 3.11. The standard InChI is InChI=1S/C11H8Br2N2O/c12-9-4-2-1-3-8(9)6-16-11-10(13)5-14-7-15-11/h1-5,7H,6H2. The lowest BCUT2D eigenvalue weighted by Gasteiger charge is -2.07. The number of hydrogen-bond acceptors (Lipinski definition) is 3. The maximum absolute atomic E-state index is 5.58. The van der Waals surface area contributed by atoms with E-state index in [0.29, 0.717) is 12.5 Å². The van der Waals surface area contributed by atoms with E-state index in [9.17, 15) is 0 Å². The lowest BCUT2D eigenvalue weighted by Crippen LogP contribution is -1.98. The molecule has 0 spiro atoms. The fraction of sp³-hybridized carbons (Fsp3) is 0.0909. The Morgan fingerprint density at radius 1 is 1.12 bits per heavy atom. The third kappa shape index (κ3) is 2.80. The predicted octanol–water partition coefficient (Wildman–Crippen LogP) is 3.58. The fourth-order valence-corrected chi connectivity index (χ4v) is 1.90.